The molecule has 0 fully saturated rings. The third-order valence-electron chi connectivity index (χ3n) is 1.82. The molecule has 1 N–H and O–H groups in total. The van der Waals surface area contributed by atoms with E-state index < -0.39 is 0 Å². The van der Waals surface area contributed by atoms with Gasteiger partial charge in [-0.2, -0.15) is 0 Å². The summed E-state index contributed by atoms with van der Waals surface area (Å²) in [5.41, 5.74) is 2.32. The number of rotatable bonds is 4. The van der Waals surface area contributed by atoms with E-state index in [9.17, 15) is 0 Å². The Morgan fingerprint density at radius 1 is 1.33 bits per heavy atom. The maximum Gasteiger partial charge on any atom is 0.0418 e. The molecule has 15 heavy (non-hydrogen) atoms. The Labute approximate surface area is 98.1 Å². The molecule has 1 aromatic rings. The van der Waals surface area contributed by atoms with Gasteiger partial charge in [-0.25, -0.2) is 0 Å². The lowest BCUT2D eigenvalue weighted by molar-refractivity contribution is 0.762. The average Bonchev–Trinajstić information content (AvgIpc) is 2.20. The van der Waals surface area contributed by atoms with Crippen LogP contribution in [0.25, 0.3) is 0 Å². The zero-order chi connectivity index (χ0) is 11.5. The summed E-state index contributed by atoms with van der Waals surface area (Å²) in [5.74, 6) is 0.649. The molecule has 0 atom stereocenters. The van der Waals surface area contributed by atoms with Crippen molar-refractivity contribution in [3.8, 4) is 0 Å². The number of aromatic nitrogens is 1. The van der Waals surface area contributed by atoms with Crippen LogP contribution in [0.2, 0.25) is 0 Å². The van der Waals surface area contributed by atoms with Crippen molar-refractivity contribution in [1.29, 1.82) is 0 Å². The number of halogens is 1. The Balaban J connectivity index is 0.000000336. The van der Waals surface area contributed by atoms with Crippen molar-refractivity contribution in [2.24, 2.45) is 0 Å². The summed E-state index contributed by atoms with van der Waals surface area (Å²) in [6, 6.07) is 4.04. The summed E-state index contributed by atoms with van der Waals surface area (Å²) in [6.07, 6.45) is 2.68. The number of pyridine rings is 1. The molecule has 0 aliphatic carbocycles. The van der Waals surface area contributed by atoms with Gasteiger partial charge in [0.2, 0.25) is 0 Å². The summed E-state index contributed by atoms with van der Waals surface area (Å²) in [6.45, 7) is 8.44. The third-order valence-corrected chi connectivity index (χ3v) is 2.01. The van der Waals surface area contributed by atoms with E-state index in [0.29, 0.717) is 5.88 Å². The quantitative estimate of drug-likeness (QED) is 0.802. The van der Waals surface area contributed by atoms with Crippen LogP contribution in [0.1, 0.15) is 25.1 Å². The first-order valence-electron chi connectivity index (χ1n) is 5.42. The van der Waals surface area contributed by atoms with E-state index in [1.54, 1.807) is 0 Å². The summed E-state index contributed by atoms with van der Waals surface area (Å²) < 4.78 is 0. The zero-order valence-electron chi connectivity index (χ0n) is 9.89. The highest BCUT2D eigenvalue weighted by atomic mass is 35.5. The first-order valence-corrected chi connectivity index (χ1v) is 5.96. The van der Waals surface area contributed by atoms with Gasteiger partial charge in [0.1, 0.15) is 0 Å². The molecule has 1 rings (SSSR count). The Kier molecular flexibility index (Phi) is 9.54. The number of hydrogen-bond acceptors (Lipinski definition) is 2. The standard InChI is InChI=1S/C8H10ClN.C4H11N/c1-7-3-5-10-8(6-7)2-4-9;1-3-5-4-2/h3,5-6H,2,4H2,1H3;5H,3-4H2,1-2H3. The van der Waals surface area contributed by atoms with Crippen LogP contribution in [0.15, 0.2) is 18.3 Å². The van der Waals surface area contributed by atoms with Gasteiger partial charge in [-0.05, 0) is 37.7 Å². The topological polar surface area (TPSA) is 24.9 Å². The smallest absolute Gasteiger partial charge is 0.0418 e. The molecule has 0 aromatic carbocycles. The van der Waals surface area contributed by atoms with Gasteiger partial charge in [0, 0.05) is 24.2 Å². The van der Waals surface area contributed by atoms with E-state index >= 15 is 0 Å². The molecule has 0 saturated carbocycles. The van der Waals surface area contributed by atoms with Crippen LogP contribution in [-0.2, 0) is 6.42 Å². The fraction of sp³-hybridized carbons (Fsp3) is 0.583. The van der Waals surface area contributed by atoms with Gasteiger partial charge in [-0.3, -0.25) is 4.98 Å². The van der Waals surface area contributed by atoms with Gasteiger partial charge in [0.15, 0.2) is 0 Å². The van der Waals surface area contributed by atoms with Crippen LogP contribution in [0.5, 0.6) is 0 Å². The van der Waals surface area contributed by atoms with Gasteiger partial charge in [0.25, 0.3) is 0 Å². The lowest BCUT2D eigenvalue weighted by Crippen LogP contribution is -2.09. The summed E-state index contributed by atoms with van der Waals surface area (Å²) >= 11 is 5.55. The molecule has 0 aliphatic heterocycles. The molecule has 0 bridgehead atoms. The Morgan fingerprint density at radius 3 is 2.40 bits per heavy atom. The second-order valence-electron chi connectivity index (χ2n) is 3.22. The number of nitrogens with zero attached hydrogens (tertiary/aromatic N) is 1. The summed E-state index contributed by atoms with van der Waals surface area (Å²) in [4.78, 5) is 4.14. The van der Waals surface area contributed by atoms with E-state index in [4.69, 9.17) is 11.6 Å². The third kappa shape index (κ3) is 8.40. The van der Waals surface area contributed by atoms with Crippen molar-refractivity contribution in [1.82, 2.24) is 10.3 Å². The average molecular weight is 229 g/mol. The van der Waals surface area contributed by atoms with Gasteiger partial charge in [-0.15, -0.1) is 11.6 Å². The van der Waals surface area contributed by atoms with Gasteiger partial charge in [-0.1, -0.05) is 13.8 Å². The van der Waals surface area contributed by atoms with E-state index in [-0.39, 0.29) is 0 Å². The second kappa shape index (κ2) is 9.94. The molecule has 0 radical (unpaired) electrons. The minimum absolute atomic E-state index is 0.649. The molecule has 2 nitrogen and oxygen atoms in total. The minimum Gasteiger partial charge on any atom is -0.317 e. The van der Waals surface area contributed by atoms with Gasteiger partial charge in [0.05, 0.1) is 0 Å². The molecule has 0 spiro atoms. The largest absolute Gasteiger partial charge is 0.317 e. The fourth-order valence-electron chi connectivity index (χ4n) is 1.08. The summed E-state index contributed by atoms with van der Waals surface area (Å²) in [7, 11) is 0. The first kappa shape index (κ1) is 14.4. The van der Waals surface area contributed by atoms with Crippen molar-refractivity contribution in [2.45, 2.75) is 27.2 Å². The van der Waals surface area contributed by atoms with Crippen molar-refractivity contribution in [3.63, 3.8) is 0 Å². The number of hydrogen-bond donors (Lipinski definition) is 1. The van der Waals surface area contributed by atoms with E-state index in [1.165, 1.54) is 5.56 Å². The van der Waals surface area contributed by atoms with Crippen LogP contribution in [0, 0.1) is 6.92 Å². The number of aryl methyl sites for hydroxylation is 2. The fourth-order valence-corrected chi connectivity index (χ4v) is 1.28. The molecular formula is C12H21ClN2. The normalized spacial score (nSPS) is 9.33. The molecule has 0 unspecified atom stereocenters. The molecule has 0 saturated heterocycles. The SMILES string of the molecule is CCNCC.Cc1ccnc(CCCl)c1. The second-order valence-corrected chi connectivity index (χ2v) is 3.60. The molecule has 3 heteroatoms. The van der Waals surface area contributed by atoms with Crippen LogP contribution in [-0.4, -0.2) is 24.0 Å². The molecular weight excluding hydrogens is 208 g/mol. The van der Waals surface area contributed by atoms with Crippen molar-refractivity contribution in [2.75, 3.05) is 19.0 Å². The highest BCUT2D eigenvalue weighted by molar-refractivity contribution is 6.17. The van der Waals surface area contributed by atoms with Crippen molar-refractivity contribution < 1.29 is 0 Å². The highest BCUT2D eigenvalue weighted by Gasteiger charge is 1.91. The maximum absolute atomic E-state index is 5.55. The van der Waals surface area contributed by atoms with E-state index in [1.807, 2.05) is 12.3 Å². The lowest BCUT2D eigenvalue weighted by Gasteiger charge is -1.96. The molecule has 0 amide bonds. The van der Waals surface area contributed by atoms with Crippen LogP contribution < -0.4 is 5.32 Å². The minimum atomic E-state index is 0.649. The van der Waals surface area contributed by atoms with Crippen LogP contribution in [0.3, 0.4) is 0 Å². The van der Waals surface area contributed by atoms with Gasteiger partial charge >= 0.3 is 0 Å². The van der Waals surface area contributed by atoms with Crippen molar-refractivity contribution >= 4 is 11.6 Å². The monoisotopic (exact) mass is 228 g/mol. The predicted octanol–water partition coefficient (Wildman–Crippen LogP) is 2.79. The zero-order valence-corrected chi connectivity index (χ0v) is 10.6. The molecule has 0 aliphatic rings. The van der Waals surface area contributed by atoms with Crippen LogP contribution >= 0.6 is 11.6 Å². The molecule has 1 aromatic heterocycles. The Bertz CT molecular complexity index is 249. The molecule has 1 heterocycles. The van der Waals surface area contributed by atoms with Gasteiger partial charge < -0.3 is 5.32 Å². The van der Waals surface area contributed by atoms with E-state index in [2.05, 4.69) is 37.1 Å². The first-order chi connectivity index (χ1) is 7.24. The van der Waals surface area contributed by atoms with Crippen LogP contribution in [0.4, 0.5) is 0 Å². The Hall–Kier alpha value is -0.600. The number of nitrogens with one attached hydrogen (secondary N) is 1. The Morgan fingerprint density at radius 2 is 2.00 bits per heavy atom. The van der Waals surface area contributed by atoms with Crippen molar-refractivity contribution in [3.05, 3.63) is 29.6 Å². The van der Waals surface area contributed by atoms with E-state index in [0.717, 1.165) is 25.2 Å². The highest BCUT2D eigenvalue weighted by Crippen LogP contribution is 2.00. The maximum atomic E-state index is 5.55. The number of alkyl halides is 1. The summed E-state index contributed by atoms with van der Waals surface area (Å²) in [5, 5.41) is 3.11. The predicted molar refractivity (Wildman–Crippen MR) is 67.6 cm³/mol. The lowest BCUT2D eigenvalue weighted by atomic mass is 10.2. The molecule has 86 valence electrons.